The number of aryl methyl sites for hydroxylation is 1. The summed E-state index contributed by atoms with van der Waals surface area (Å²) < 4.78 is 10.4. The highest BCUT2D eigenvalue weighted by molar-refractivity contribution is 6.30. The first-order chi connectivity index (χ1) is 11.1. The fourth-order valence-electron chi connectivity index (χ4n) is 2.30. The van der Waals surface area contributed by atoms with E-state index >= 15 is 0 Å². The molecule has 2 aromatic rings. The van der Waals surface area contributed by atoms with Crippen molar-refractivity contribution >= 4 is 17.6 Å². The first-order valence-corrected chi connectivity index (χ1v) is 7.69. The Balaban J connectivity index is 2.25. The van der Waals surface area contributed by atoms with Gasteiger partial charge in [0, 0.05) is 5.02 Å². The highest BCUT2D eigenvalue weighted by Gasteiger charge is 2.21. The Morgan fingerprint density at radius 3 is 2.65 bits per heavy atom. The van der Waals surface area contributed by atoms with Crippen LogP contribution in [0.15, 0.2) is 42.5 Å². The zero-order chi connectivity index (χ0) is 16.8. The van der Waals surface area contributed by atoms with Crippen LogP contribution in [0.5, 0.6) is 5.75 Å². The monoisotopic (exact) mass is 334 g/mol. The van der Waals surface area contributed by atoms with Crippen LogP contribution >= 0.6 is 11.6 Å². The van der Waals surface area contributed by atoms with Crippen molar-refractivity contribution in [1.29, 1.82) is 0 Å². The molecule has 2 aromatic carbocycles. The maximum atomic E-state index is 11.6. The molecule has 1 atom stereocenters. The number of esters is 1. The van der Waals surface area contributed by atoms with Gasteiger partial charge in [0.25, 0.3) is 0 Å². The van der Waals surface area contributed by atoms with Crippen molar-refractivity contribution in [2.24, 2.45) is 0 Å². The number of carbonyl (C=O) groups excluding carboxylic acids is 1. The molecule has 0 spiro atoms. The molecule has 0 aromatic heterocycles. The summed E-state index contributed by atoms with van der Waals surface area (Å²) in [6, 6.07) is 12.6. The summed E-state index contributed by atoms with van der Waals surface area (Å²) in [5.74, 6) is 0.0519. The lowest BCUT2D eigenvalue weighted by Gasteiger charge is -2.16. The highest BCUT2D eigenvalue weighted by atomic mass is 35.5. The Morgan fingerprint density at radius 2 is 1.96 bits per heavy atom. The van der Waals surface area contributed by atoms with E-state index in [2.05, 4.69) is 4.74 Å². The van der Waals surface area contributed by atoms with Gasteiger partial charge in [-0.3, -0.25) is 0 Å². The van der Waals surface area contributed by atoms with Crippen LogP contribution < -0.4 is 4.74 Å². The molecule has 0 amide bonds. The number of aliphatic hydroxyl groups excluding tert-OH is 1. The van der Waals surface area contributed by atoms with Gasteiger partial charge in [0.2, 0.25) is 0 Å². The van der Waals surface area contributed by atoms with Crippen LogP contribution in [0, 0.1) is 0 Å². The minimum absolute atomic E-state index is 0.195. The van der Waals surface area contributed by atoms with Crippen LogP contribution in [0.4, 0.5) is 0 Å². The lowest BCUT2D eigenvalue weighted by atomic mass is 10.0. The van der Waals surface area contributed by atoms with E-state index in [1.54, 1.807) is 18.2 Å². The normalized spacial score (nSPS) is 11.8. The fraction of sp³-hybridized carbons (Fsp3) is 0.278. The number of ether oxygens (including phenoxy) is 2. The molecule has 0 saturated carbocycles. The van der Waals surface area contributed by atoms with Crippen molar-refractivity contribution in [2.75, 3.05) is 7.11 Å². The fourth-order valence-corrected chi connectivity index (χ4v) is 2.49. The Labute approximate surface area is 140 Å². The molecule has 122 valence electrons. The van der Waals surface area contributed by atoms with Crippen molar-refractivity contribution in [3.8, 4) is 5.75 Å². The van der Waals surface area contributed by atoms with Crippen LogP contribution in [0.2, 0.25) is 5.02 Å². The van der Waals surface area contributed by atoms with Gasteiger partial charge in [-0.25, -0.2) is 4.79 Å². The van der Waals surface area contributed by atoms with Crippen molar-refractivity contribution in [1.82, 2.24) is 0 Å². The van der Waals surface area contributed by atoms with Crippen molar-refractivity contribution in [3.63, 3.8) is 0 Å². The van der Waals surface area contributed by atoms with Crippen molar-refractivity contribution < 1.29 is 19.4 Å². The van der Waals surface area contributed by atoms with E-state index in [-0.39, 0.29) is 6.61 Å². The minimum atomic E-state index is -1.36. The van der Waals surface area contributed by atoms with Gasteiger partial charge in [0.1, 0.15) is 12.4 Å². The molecule has 0 heterocycles. The molecule has 0 aliphatic heterocycles. The number of benzene rings is 2. The second-order valence-corrected chi connectivity index (χ2v) is 5.46. The number of methoxy groups -OCH3 is 1. The zero-order valence-corrected chi connectivity index (χ0v) is 13.8. The number of halogens is 1. The van der Waals surface area contributed by atoms with Gasteiger partial charge in [-0.15, -0.1) is 0 Å². The minimum Gasteiger partial charge on any atom is -0.489 e. The van der Waals surface area contributed by atoms with E-state index in [1.165, 1.54) is 7.11 Å². The maximum absolute atomic E-state index is 11.6. The zero-order valence-electron chi connectivity index (χ0n) is 13.1. The average Bonchev–Trinajstić information content (AvgIpc) is 2.58. The average molecular weight is 335 g/mol. The summed E-state index contributed by atoms with van der Waals surface area (Å²) in [7, 11) is 1.23. The van der Waals surface area contributed by atoms with Gasteiger partial charge in [0.15, 0.2) is 6.10 Å². The van der Waals surface area contributed by atoms with Crippen molar-refractivity contribution in [3.05, 3.63) is 64.2 Å². The van der Waals surface area contributed by atoms with Gasteiger partial charge in [-0.2, -0.15) is 0 Å². The molecule has 0 aliphatic rings. The van der Waals surface area contributed by atoms with Gasteiger partial charge in [-0.1, -0.05) is 42.8 Å². The van der Waals surface area contributed by atoms with Crippen LogP contribution in [0.3, 0.4) is 0 Å². The number of aliphatic hydroxyl groups is 1. The number of carbonyl (C=O) groups is 1. The molecule has 2 rings (SSSR count). The molecular weight excluding hydrogens is 316 g/mol. The second-order valence-electron chi connectivity index (χ2n) is 5.02. The maximum Gasteiger partial charge on any atom is 0.339 e. The van der Waals surface area contributed by atoms with E-state index in [0.717, 1.165) is 17.7 Å². The Kier molecular flexibility index (Phi) is 6.02. The summed E-state index contributed by atoms with van der Waals surface area (Å²) in [4.78, 5) is 11.6. The number of para-hydroxylation sites is 1. The van der Waals surface area contributed by atoms with Crippen molar-refractivity contribution in [2.45, 2.75) is 26.1 Å². The molecule has 0 radical (unpaired) electrons. The summed E-state index contributed by atoms with van der Waals surface area (Å²) in [6.07, 6.45) is -0.513. The van der Waals surface area contributed by atoms with Gasteiger partial charge in [-0.05, 0) is 41.3 Å². The molecular formula is C18H19ClO4. The summed E-state index contributed by atoms with van der Waals surface area (Å²) in [5, 5.41) is 10.6. The Hall–Kier alpha value is -2.04. The largest absolute Gasteiger partial charge is 0.489 e. The smallest absolute Gasteiger partial charge is 0.339 e. The van der Waals surface area contributed by atoms with E-state index in [9.17, 15) is 9.90 Å². The first-order valence-electron chi connectivity index (χ1n) is 7.31. The second kappa shape index (κ2) is 7.99. The van der Waals surface area contributed by atoms with Crippen LogP contribution in [-0.4, -0.2) is 18.2 Å². The molecule has 1 N–H and O–H groups in total. The van der Waals surface area contributed by atoms with Crippen LogP contribution in [-0.2, 0) is 22.6 Å². The molecule has 4 nitrogen and oxygen atoms in total. The summed E-state index contributed by atoms with van der Waals surface area (Å²) in [6.45, 7) is 2.25. The predicted octanol–water partition coefficient (Wildman–Crippen LogP) is 3.69. The third kappa shape index (κ3) is 4.24. The number of hydrogen-bond donors (Lipinski definition) is 1. The molecule has 0 bridgehead atoms. The van der Waals surface area contributed by atoms with E-state index in [1.807, 2.05) is 31.2 Å². The van der Waals surface area contributed by atoms with Crippen LogP contribution in [0.25, 0.3) is 0 Å². The highest BCUT2D eigenvalue weighted by Crippen LogP contribution is 2.26. The number of hydrogen-bond acceptors (Lipinski definition) is 4. The summed E-state index contributed by atoms with van der Waals surface area (Å²) >= 11 is 6.02. The molecule has 23 heavy (non-hydrogen) atoms. The Bertz CT molecular complexity index is 684. The number of rotatable bonds is 6. The third-order valence-electron chi connectivity index (χ3n) is 3.56. The molecule has 0 aliphatic carbocycles. The predicted molar refractivity (Wildman–Crippen MR) is 88.6 cm³/mol. The lowest BCUT2D eigenvalue weighted by molar-refractivity contribution is -0.150. The van der Waals surface area contributed by atoms with Crippen LogP contribution in [0.1, 0.15) is 29.7 Å². The quantitative estimate of drug-likeness (QED) is 0.819. The van der Waals surface area contributed by atoms with E-state index in [4.69, 9.17) is 16.3 Å². The third-order valence-corrected chi connectivity index (χ3v) is 3.80. The molecule has 1 unspecified atom stereocenters. The summed E-state index contributed by atoms with van der Waals surface area (Å²) in [5.41, 5.74) is 2.15. The SMILES string of the molecule is CCc1ccccc1OCc1cc(Cl)ccc1C(O)C(=O)OC. The van der Waals surface area contributed by atoms with E-state index in [0.29, 0.717) is 16.1 Å². The van der Waals surface area contributed by atoms with Gasteiger partial charge in [0.05, 0.1) is 7.11 Å². The molecule has 5 heteroatoms. The standard InChI is InChI=1S/C18H19ClO4/c1-3-12-6-4-5-7-16(12)23-11-13-10-14(19)8-9-15(13)17(20)18(21)22-2/h4-10,17,20H,3,11H2,1-2H3. The Morgan fingerprint density at radius 1 is 1.22 bits per heavy atom. The topological polar surface area (TPSA) is 55.8 Å². The lowest BCUT2D eigenvalue weighted by Crippen LogP contribution is -2.16. The van der Waals surface area contributed by atoms with Gasteiger partial charge >= 0.3 is 5.97 Å². The first kappa shape index (κ1) is 17.3. The molecule has 0 saturated heterocycles. The van der Waals surface area contributed by atoms with E-state index < -0.39 is 12.1 Å². The molecule has 0 fully saturated rings. The van der Waals surface area contributed by atoms with Gasteiger partial charge < -0.3 is 14.6 Å².